The lowest BCUT2D eigenvalue weighted by Gasteiger charge is -2.34. The SMILES string of the molecule is Cc1sc2c(c1C)C(c1ccc(Cl)cc1)=N[C@H](CC(=O)NCCCN1CCN(C(=O)CCCCCN)CC1)C1=NN(C)C(C)N12. The van der Waals surface area contributed by atoms with Crippen LogP contribution in [0, 0.1) is 13.8 Å². The number of hydrogen-bond acceptors (Lipinski definition) is 9. The van der Waals surface area contributed by atoms with E-state index in [1.807, 2.05) is 41.2 Å². The van der Waals surface area contributed by atoms with Gasteiger partial charge < -0.3 is 16.0 Å². The molecule has 2 atom stereocenters. The van der Waals surface area contributed by atoms with Gasteiger partial charge >= 0.3 is 0 Å². The molecule has 0 bridgehead atoms. The molecule has 4 heterocycles. The number of carbonyl (C=O) groups is 2. The maximum Gasteiger partial charge on any atom is 0.222 e. The van der Waals surface area contributed by atoms with Gasteiger partial charge in [-0.15, -0.1) is 11.3 Å². The average molecular weight is 655 g/mol. The van der Waals surface area contributed by atoms with E-state index >= 15 is 0 Å². The van der Waals surface area contributed by atoms with Crippen molar-refractivity contribution in [3.05, 3.63) is 50.9 Å². The van der Waals surface area contributed by atoms with Gasteiger partial charge in [-0.25, -0.2) is 0 Å². The number of halogens is 1. The second-order valence-electron chi connectivity index (χ2n) is 12.2. The molecule has 244 valence electrons. The summed E-state index contributed by atoms with van der Waals surface area (Å²) in [6.07, 6.45) is 4.60. The van der Waals surface area contributed by atoms with Gasteiger partial charge in [0.05, 0.1) is 12.1 Å². The lowest BCUT2D eigenvalue weighted by molar-refractivity contribution is -0.133. The number of thiophene rings is 1. The topological polar surface area (TPSA) is 110 Å². The number of piperazine rings is 1. The van der Waals surface area contributed by atoms with Crippen LogP contribution in [0.25, 0.3) is 0 Å². The summed E-state index contributed by atoms with van der Waals surface area (Å²) in [6, 6.07) is 7.35. The quantitative estimate of drug-likeness (QED) is 0.332. The zero-order valence-electron chi connectivity index (χ0n) is 27.0. The standard InChI is InChI=1S/C33H47ClN8O2S/c1-22-23(2)45-33-30(22)31(25-10-12-26(34)13-11-25)37-27(32-38-39(4)24(3)42(32)33)21-28(43)36-15-8-16-40-17-19-41(20-18-40)29(44)9-6-5-7-14-35/h10-13,24,27H,5-9,14-21,35H2,1-4H3,(H,36,43)/t24?,27-/m1/s1. The number of amides is 2. The predicted octanol–water partition coefficient (Wildman–Crippen LogP) is 4.21. The minimum atomic E-state index is -0.427. The first-order chi connectivity index (χ1) is 21.7. The molecule has 0 radical (unpaired) electrons. The number of amidine groups is 1. The van der Waals surface area contributed by atoms with Gasteiger partial charge in [0.1, 0.15) is 17.2 Å². The molecule has 1 aromatic carbocycles. The van der Waals surface area contributed by atoms with Crippen LogP contribution in [-0.2, 0) is 9.59 Å². The highest BCUT2D eigenvalue weighted by molar-refractivity contribution is 7.17. The third-order valence-corrected chi connectivity index (χ3v) is 10.6. The Balaban J connectivity index is 1.20. The summed E-state index contributed by atoms with van der Waals surface area (Å²) in [5, 5.41) is 11.8. The third kappa shape index (κ3) is 7.70. The number of unbranched alkanes of at least 4 members (excludes halogenated alkanes) is 2. The molecule has 2 amide bonds. The fourth-order valence-electron chi connectivity index (χ4n) is 6.21. The van der Waals surface area contributed by atoms with Crippen LogP contribution in [0.1, 0.15) is 67.0 Å². The van der Waals surface area contributed by atoms with Gasteiger partial charge in [-0.2, -0.15) is 5.10 Å². The number of nitrogens with two attached hydrogens (primary N) is 1. The van der Waals surface area contributed by atoms with Crippen LogP contribution in [0.3, 0.4) is 0 Å². The summed E-state index contributed by atoms with van der Waals surface area (Å²) in [5.74, 6) is 1.02. The van der Waals surface area contributed by atoms with Crippen LogP contribution in [0.2, 0.25) is 5.02 Å². The van der Waals surface area contributed by atoms with Gasteiger partial charge in [0.15, 0.2) is 5.84 Å². The Kier molecular flexibility index (Phi) is 11.2. The van der Waals surface area contributed by atoms with Gasteiger partial charge in [-0.1, -0.05) is 30.2 Å². The number of benzene rings is 1. The molecule has 0 aliphatic carbocycles. The molecule has 2 aromatic rings. The second-order valence-corrected chi connectivity index (χ2v) is 13.9. The fraction of sp³-hybridized carbons (Fsp3) is 0.576. The molecular formula is C33H47ClN8O2S. The number of nitrogens with zero attached hydrogens (tertiary/aromatic N) is 6. The first-order valence-corrected chi connectivity index (χ1v) is 17.4. The van der Waals surface area contributed by atoms with Crippen molar-refractivity contribution < 1.29 is 9.59 Å². The molecule has 1 unspecified atom stereocenters. The Morgan fingerprint density at radius 3 is 2.51 bits per heavy atom. The van der Waals surface area contributed by atoms with Crippen LogP contribution in [-0.4, -0.2) is 103 Å². The molecule has 3 N–H and O–H groups in total. The van der Waals surface area contributed by atoms with E-state index in [-0.39, 0.29) is 24.4 Å². The summed E-state index contributed by atoms with van der Waals surface area (Å²) >= 11 is 7.99. The Morgan fingerprint density at radius 1 is 1.07 bits per heavy atom. The van der Waals surface area contributed by atoms with Gasteiger partial charge in [-0.05, 0) is 70.8 Å². The first kappa shape index (κ1) is 33.4. The number of rotatable bonds is 12. The molecule has 1 aromatic heterocycles. The van der Waals surface area contributed by atoms with Crippen molar-refractivity contribution in [2.45, 2.75) is 71.5 Å². The van der Waals surface area contributed by atoms with Crippen molar-refractivity contribution in [1.82, 2.24) is 20.1 Å². The Hall–Kier alpha value is -2.99. The zero-order valence-corrected chi connectivity index (χ0v) is 28.6. The highest BCUT2D eigenvalue weighted by Gasteiger charge is 2.41. The maximum atomic E-state index is 13.3. The van der Waals surface area contributed by atoms with Gasteiger partial charge in [0, 0.05) is 67.2 Å². The van der Waals surface area contributed by atoms with E-state index in [0.717, 1.165) is 86.1 Å². The van der Waals surface area contributed by atoms with Crippen LogP contribution in [0.15, 0.2) is 34.4 Å². The number of hydrazone groups is 1. The molecule has 10 nitrogen and oxygen atoms in total. The lowest BCUT2D eigenvalue weighted by atomic mass is 9.99. The van der Waals surface area contributed by atoms with Crippen LogP contribution >= 0.6 is 22.9 Å². The molecule has 12 heteroatoms. The number of fused-ring (bicyclic) bond motifs is 3. The van der Waals surface area contributed by atoms with Crippen molar-refractivity contribution in [1.29, 1.82) is 0 Å². The van der Waals surface area contributed by atoms with Crippen LogP contribution < -0.4 is 16.0 Å². The highest BCUT2D eigenvalue weighted by atomic mass is 35.5. The molecular weight excluding hydrogens is 608 g/mol. The van der Waals surface area contributed by atoms with E-state index in [0.29, 0.717) is 24.5 Å². The molecule has 0 spiro atoms. The minimum absolute atomic E-state index is 0.00782. The highest BCUT2D eigenvalue weighted by Crippen LogP contribution is 2.42. The minimum Gasteiger partial charge on any atom is -0.356 e. The fourth-order valence-corrected chi connectivity index (χ4v) is 7.57. The number of aryl methyl sites for hydroxylation is 1. The van der Waals surface area contributed by atoms with E-state index in [9.17, 15) is 9.59 Å². The number of anilines is 1. The Labute approximate surface area is 276 Å². The third-order valence-electron chi connectivity index (χ3n) is 9.12. The van der Waals surface area contributed by atoms with Crippen LogP contribution in [0.4, 0.5) is 5.00 Å². The van der Waals surface area contributed by atoms with Gasteiger partial charge in [0.2, 0.25) is 11.8 Å². The summed E-state index contributed by atoms with van der Waals surface area (Å²) in [5.41, 5.74) is 9.70. The van der Waals surface area contributed by atoms with Crippen LogP contribution in [0.5, 0.6) is 0 Å². The average Bonchev–Trinajstić information content (AvgIpc) is 3.44. The predicted molar refractivity (Wildman–Crippen MR) is 185 cm³/mol. The van der Waals surface area contributed by atoms with E-state index in [4.69, 9.17) is 27.4 Å². The van der Waals surface area contributed by atoms with E-state index in [2.05, 4.69) is 35.9 Å². The normalized spacial score (nSPS) is 20.0. The number of hydrogen-bond donors (Lipinski definition) is 2. The van der Waals surface area contributed by atoms with Gasteiger partial charge in [0.25, 0.3) is 0 Å². The number of aliphatic imine (C=N–C) groups is 1. The second kappa shape index (κ2) is 15.1. The summed E-state index contributed by atoms with van der Waals surface area (Å²) in [6.45, 7) is 11.9. The summed E-state index contributed by atoms with van der Waals surface area (Å²) < 4.78 is 0. The summed E-state index contributed by atoms with van der Waals surface area (Å²) in [4.78, 5) is 39.0. The maximum absolute atomic E-state index is 13.3. The molecule has 1 fully saturated rings. The molecule has 0 saturated carbocycles. The number of carbonyl (C=O) groups excluding carboxylic acids is 2. The largest absolute Gasteiger partial charge is 0.356 e. The molecule has 1 saturated heterocycles. The monoisotopic (exact) mass is 654 g/mol. The van der Waals surface area contributed by atoms with E-state index in [1.165, 1.54) is 10.4 Å². The van der Waals surface area contributed by atoms with E-state index in [1.54, 1.807) is 11.3 Å². The van der Waals surface area contributed by atoms with Crippen molar-refractivity contribution in [3.8, 4) is 0 Å². The zero-order chi connectivity index (χ0) is 32.1. The van der Waals surface area contributed by atoms with Gasteiger partial charge in [-0.3, -0.25) is 29.4 Å². The van der Waals surface area contributed by atoms with Crippen molar-refractivity contribution in [3.63, 3.8) is 0 Å². The molecule has 45 heavy (non-hydrogen) atoms. The molecule has 3 aliphatic rings. The summed E-state index contributed by atoms with van der Waals surface area (Å²) in [7, 11) is 1.97. The molecule has 5 rings (SSSR count). The smallest absolute Gasteiger partial charge is 0.222 e. The number of nitrogens with one attached hydrogen (secondary N) is 1. The lowest BCUT2D eigenvalue weighted by Crippen LogP contribution is -2.49. The molecule has 3 aliphatic heterocycles. The van der Waals surface area contributed by atoms with E-state index < -0.39 is 6.04 Å². The Bertz CT molecular complexity index is 1420. The van der Waals surface area contributed by atoms with Crippen molar-refractivity contribution in [2.75, 3.05) is 57.8 Å². The Morgan fingerprint density at radius 2 is 1.80 bits per heavy atom. The first-order valence-electron chi connectivity index (χ1n) is 16.2. The van der Waals surface area contributed by atoms with Crippen molar-refractivity contribution in [2.24, 2.45) is 15.8 Å². The van der Waals surface area contributed by atoms with Crippen molar-refractivity contribution >= 4 is 51.3 Å².